The molecule has 0 aliphatic carbocycles. The minimum atomic E-state index is 0.0356. The third-order valence-corrected chi connectivity index (χ3v) is 4.78. The van der Waals surface area contributed by atoms with Gasteiger partial charge in [-0.3, -0.25) is 4.79 Å². The molecule has 0 unspecified atom stereocenters. The molecule has 0 aromatic heterocycles. The summed E-state index contributed by atoms with van der Waals surface area (Å²) >= 11 is 1.81. The molecule has 0 saturated carbocycles. The number of amides is 1. The van der Waals surface area contributed by atoms with Crippen molar-refractivity contribution in [2.45, 2.75) is 19.2 Å². The fraction of sp³-hybridized carbons (Fsp3) is 0.533. The summed E-state index contributed by atoms with van der Waals surface area (Å²) in [5.41, 5.74) is 1.12. The van der Waals surface area contributed by atoms with E-state index in [1.165, 1.54) is 0 Å². The van der Waals surface area contributed by atoms with Crippen LogP contribution in [0.25, 0.3) is 0 Å². The summed E-state index contributed by atoms with van der Waals surface area (Å²) in [4.78, 5) is 14.2. The van der Waals surface area contributed by atoms with Gasteiger partial charge in [0, 0.05) is 18.2 Å². The number of rotatable bonds is 2. The normalized spacial score (nSPS) is 21.4. The zero-order chi connectivity index (χ0) is 14.1. The molecule has 108 valence electrons. The van der Waals surface area contributed by atoms with Gasteiger partial charge in [0.05, 0.1) is 0 Å². The van der Waals surface area contributed by atoms with Gasteiger partial charge in [0.1, 0.15) is 18.6 Å². The van der Waals surface area contributed by atoms with E-state index in [2.05, 4.69) is 0 Å². The van der Waals surface area contributed by atoms with Crippen molar-refractivity contribution in [1.29, 1.82) is 0 Å². The summed E-state index contributed by atoms with van der Waals surface area (Å²) in [7, 11) is 0. The monoisotopic (exact) mass is 293 g/mol. The van der Waals surface area contributed by atoms with Crippen molar-refractivity contribution in [2.24, 2.45) is 5.92 Å². The van der Waals surface area contributed by atoms with Crippen LogP contribution in [0.1, 0.15) is 24.8 Å². The second-order valence-corrected chi connectivity index (χ2v) is 6.50. The summed E-state index contributed by atoms with van der Waals surface area (Å²) in [6, 6.07) is 6.00. The van der Waals surface area contributed by atoms with E-state index in [4.69, 9.17) is 9.47 Å². The lowest BCUT2D eigenvalue weighted by molar-refractivity contribution is -0.134. The van der Waals surface area contributed by atoms with Crippen molar-refractivity contribution in [2.75, 3.05) is 25.5 Å². The van der Waals surface area contributed by atoms with E-state index in [-0.39, 0.29) is 17.2 Å². The summed E-state index contributed by atoms with van der Waals surface area (Å²) in [5.74, 6) is 2.82. The fourth-order valence-electron chi connectivity index (χ4n) is 2.52. The predicted molar refractivity (Wildman–Crippen MR) is 79.2 cm³/mol. The first-order chi connectivity index (χ1) is 9.66. The quantitative estimate of drug-likeness (QED) is 0.840. The first kappa shape index (κ1) is 13.6. The molecule has 1 atom stereocenters. The number of ether oxygens (including phenoxy) is 2. The predicted octanol–water partition coefficient (Wildman–Crippen LogP) is 2.69. The van der Waals surface area contributed by atoms with Gasteiger partial charge in [0.2, 0.25) is 5.91 Å². The third-order valence-electron chi connectivity index (χ3n) is 3.52. The largest absolute Gasteiger partial charge is 0.486 e. The van der Waals surface area contributed by atoms with Crippen molar-refractivity contribution in [3.63, 3.8) is 0 Å². The molecular weight excluding hydrogens is 274 g/mol. The van der Waals surface area contributed by atoms with Gasteiger partial charge in [-0.2, -0.15) is 0 Å². The molecule has 0 bridgehead atoms. The van der Waals surface area contributed by atoms with E-state index in [1.54, 1.807) is 0 Å². The number of thioether (sulfide) groups is 1. The zero-order valence-corrected chi connectivity index (χ0v) is 12.6. The second-order valence-electron chi connectivity index (χ2n) is 5.31. The topological polar surface area (TPSA) is 38.8 Å². The van der Waals surface area contributed by atoms with Crippen molar-refractivity contribution < 1.29 is 14.3 Å². The molecule has 1 aromatic carbocycles. The van der Waals surface area contributed by atoms with Gasteiger partial charge in [-0.25, -0.2) is 0 Å². The standard InChI is InChI=1S/C15H19NO3S/c1-10(2)14(17)16-5-8-20-15(16)11-3-4-12-13(9-11)19-7-6-18-12/h3-4,9-10,15H,5-8H2,1-2H3/t15-/m1/s1. The van der Waals surface area contributed by atoms with Crippen LogP contribution in [0.3, 0.4) is 0 Å². The first-order valence-electron chi connectivity index (χ1n) is 6.98. The number of fused-ring (bicyclic) bond motifs is 1. The van der Waals surface area contributed by atoms with E-state index >= 15 is 0 Å². The molecule has 4 nitrogen and oxygen atoms in total. The highest BCUT2D eigenvalue weighted by Crippen LogP contribution is 2.42. The Morgan fingerprint density at radius 3 is 2.80 bits per heavy atom. The summed E-state index contributed by atoms with van der Waals surface area (Å²) in [6.45, 7) is 5.91. The average molecular weight is 293 g/mol. The zero-order valence-electron chi connectivity index (χ0n) is 11.8. The molecule has 0 N–H and O–H groups in total. The fourth-order valence-corrected chi connectivity index (χ4v) is 3.77. The lowest BCUT2D eigenvalue weighted by Gasteiger charge is -2.27. The molecule has 1 aromatic rings. The number of nitrogens with zero attached hydrogens (tertiary/aromatic N) is 1. The molecule has 20 heavy (non-hydrogen) atoms. The summed E-state index contributed by atoms with van der Waals surface area (Å²) in [6.07, 6.45) is 0. The Morgan fingerprint density at radius 2 is 2.05 bits per heavy atom. The minimum absolute atomic E-state index is 0.0356. The van der Waals surface area contributed by atoms with Crippen molar-refractivity contribution in [3.8, 4) is 11.5 Å². The van der Waals surface area contributed by atoms with E-state index in [1.807, 2.05) is 48.7 Å². The second kappa shape index (κ2) is 5.56. The van der Waals surface area contributed by atoms with Crippen LogP contribution in [0, 0.1) is 5.92 Å². The Bertz CT molecular complexity index is 518. The smallest absolute Gasteiger partial charge is 0.226 e. The molecule has 2 aliphatic rings. The van der Waals surface area contributed by atoms with E-state index in [0.717, 1.165) is 29.4 Å². The maximum atomic E-state index is 12.3. The maximum Gasteiger partial charge on any atom is 0.226 e. The Balaban J connectivity index is 1.86. The molecular formula is C15H19NO3S. The molecule has 2 aliphatic heterocycles. The lowest BCUT2D eigenvalue weighted by Crippen LogP contribution is -2.33. The van der Waals surface area contributed by atoms with Crippen LogP contribution in [-0.4, -0.2) is 36.3 Å². The minimum Gasteiger partial charge on any atom is -0.486 e. The van der Waals surface area contributed by atoms with Gasteiger partial charge in [-0.15, -0.1) is 11.8 Å². The first-order valence-corrected chi connectivity index (χ1v) is 8.03. The number of hydrogen-bond donors (Lipinski definition) is 0. The van der Waals surface area contributed by atoms with Crippen LogP contribution in [0.15, 0.2) is 18.2 Å². The lowest BCUT2D eigenvalue weighted by atomic mass is 10.1. The third kappa shape index (κ3) is 2.46. The number of hydrogen-bond acceptors (Lipinski definition) is 4. The number of benzene rings is 1. The molecule has 1 amide bonds. The Labute approximate surface area is 123 Å². The van der Waals surface area contributed by atoms with Crippen molar-refractivity contribution in [1.82, 2.24) is 4.90 Å². The van der Waals surface area contributed by atoms with E-state index in [9.17, 15) is 4.79 Å². The highest BCUT2D eigenvalue weighted by Gasteiger charge is 2.32. The van der Waals surface area contributed by atoms with Crippen molar-refractivity contribution >= 4 is 17.7 Å². The molecule has 5 heteroatoms. The van der Waals surface area contributed by atoms with Crippen LogP contribution in [0.5, 0.6) is 11.5 Å². The van der Waals surface area contributed by atoms with Gasteiger partial charge >= 0.3 is 0 Å². The van der Waals surface area contributed by atoms with E-state index < -0.39 is 0 Å². The average Bonchev–Trinajstić information content (AvgIpc) is 2.95. The maximum absolute atomic E-state index is 12.3. The Hall–Kier alpha value is -1.36. The molecule has 2 heterocycles. The van der Waals surface area contributed by atoms with Gasteiger partial charge in [0.25, 0.3) is 0 Å². The van der Waals surface area contributed by atoms with Gasteiger partial charge in [-0.05, 0) is 17.7 Å². The molecule has 1 fully saturated rings. The van der Waals surface area contributed by atoms with Gasteiger partial charge < -0.3 is 14.4 Å². The van der Waals surface area contributed by atoms with Crippen LogP contribution >= 0.6 is 11.8 Å². The summed E-state index contributed by atoms with van der Waals surface area (Å²) < 4.78 is 11.2. The highest BCUT2D eigenvalue weighted by molar-refractivity contribution is 7.99. The SMILES string of the molecule is CC(C)C(=O)N1CCS[C@@H]1c1ccc2c(c1)OCCO2. The molecule has 1 saturated heterocycles. The van der Waals surface area contributed by atoms with Crippen LogP contribution < -0.4 is 9.47 Å². The Kier molecular flexibility index (Phi) is 3.78. The van der Waals surface area contributed by atoms with Crippen LogP contribution in [0.2, 0.25) is 0 Å². The highest BCUT2D eigenvalue weighted by atomic mass is 32.2. The molecule has 3 rings (SSSR count). The van der Waals surface area contributed by atoms with Gasteiger partial charge in [-0.1, -0.05) is 19.9 Å². The van der Waals surface area contributed by atoms with Crippen LogP contribution in [0.4, 0.5) is 0 Å². The number of carbonyl (C=O) groups excluding carboxylic acids is 1. The van der Waals surface area contributed by atoms with E-state index in [0.29, 0.717) is 13.2 Å². The van der Waals surface area contributed by atoms with Gasteiger partial charge in [0.15, 0.2) is 11.5 Å². The number of carbonyl (C=O) groups is 1. The molecule has 0 radical (unpaired) electrons. The summed E-state index contributed by atoms with van der Waals surface area (Å²) in [5, 5.41) is 0.0979. The molecule has 0 spiro atoms. The van der Waals surface area contributed by atoms with Crippen LogP contribution in [-0.2, 0) is 4.79 Å². The van der Waals surface area contributed by atoms with Crippen molar-refractivity contribution in [3.05, 3.63) is 23.8 Å². The Morgan fingerprint density at radius 1 is 1.30 bits per heavy atom.